The fourth-order valence-electron chi connectivity index (χ4n) is 2.51. The molecule has 0 bridgehead atoms. The predicted octanol–water partition coefficient (Wildman–Crippen LogP) is 3.74. The summed E-state index contributed by atoms with van der Waals surface area (Å²) in [6.45, 7) is 2.40. The molecule has 0 atom stereocenters. The maximum Gasteiger partial charge on any atom is 0.355 e. The molecule has 0 radical (unpaired) electrons. The molecule has 0 fully saturated rings. The van der Waals surface area contributed by atoms with Gasteiger partial charge in [0.15, 0.2) is 6.29 Å². The molecular weight excluding hydrogens is 306 g/mol. The molecule has 5 heteroatoms. The minimum atomic E-state index is -0.539. The third-order valence-corrected chi connectivity index (χ3v) is 3.66. The number of benzene rings is 2. The van der Waals surface area contributed by atoms with Crippen molar-refractivity contribution in [3.63, 3.8) is 0 Å². The second kappa shape index (κ2) is 7.00. The molecule has 0 aliphatic carbocycles. The van der Waals surface area contributed by atoms with Crippen molar-refractivity contribution in [1.82, 2.24) is 4.98 Å². The van der Waals surface area contributed by atoms with Gasteiger partial charge in [0.2, 0.25) is 0 Å². The zero-order valence-corrected chi connectivity index (χ0v) is 13.2. The van der Waals surface area contributed by atoms with Crippen molar-refractivity contribution in [1.29, 1.82) is 0 Å². The number of aromatic nitrogens is 1. The number of carbonyl (C=O) groups excluding carboxylic acids is 2. The van der Waals surface area contributed by atoms with E-state index in [9.17, 15) is 9.59 Å². The first-order chi connectivity index (χ1) is 11.7. The number of hydrogen-bond donors (Lipinski definition) is 1. The number of aromatic amines is 1. The monoisotopic (exact) mass is 323 g/mol. The zero-order valence-electron chi connectivity index (χ0n) is 13.2. The summed E-state index contributed by atoms with van der Waals surface area (Å²) in [5.74, 6) is 0.0893. The fraction of sp³-hybridized carbons (Fsp3) is 0.158. The van der Waals surface area contributed by atoms with E-state index in [4.69, 9.17) is 9.47 Å². The molecule has 0 spiro atoms. The van der Waals surface area contributed by atoms with Gasteiger partial charge in [0.25, 0.3) is 0 Å². The Hall–Kier alpha value is -3.08. The van der Waals surface area contributed by atoms with Crippen molar-refractivity contribution in [3.05, 3.63) is 65.4 Å². The first-order valence-electron chi connectivity index (χ1n) is 7.67. The normalized spacial score (nSPS) is 10.5. The number of nitrogens with one attached hydrogen (secondary N) is 1. The molecule has 0 aliphatic rings. The van der Waals surface area contributed by atoms with Crippen molar-refractivity contribution in [2.24, 2.45) is 0 Å². The minimum absolute atomic E-state index is 0.169. The summed E-state index contributed by atoms with van der Waals surface area (Å²) >= 11 is 0. The van der Waals surface area contributed by atoms with E-state index in [0.29, 0.717) is 29.5 Å². The van der Waals surface area contributed by atoms with Crippen molar-refractivity contribution in [2.45, 2.75) is 13.5 Å². The first kappa shape index (κ1) is 15.8. The number of esters is 1. The number of H-pyrrole nitrogens is 1. The lowest BCUT2D eigenvalue weighted by molar-refractivity contribution is 0.0518. The fourth-order valence-corrected chi connectivity index (χ4v) is 2.51. The molecule has 0 unspecified atom stereocenters. The van der Waals surface area contributed by atoms with E-state index >= 15 is 0 Å². The Kier molecular flexibility index (Phi) is 4.61. The average Bonchev–Trinajstić information content (AvgIpc) is 2.99. The molecule has 0 amide bonds. The second-order valence-electron chi connectivity index (χ2n) is 5.23. The molecule has 2 aromatic carbocycles. The second-order valence-corrected chi connectivity index (χ2v) is 5.23. The lowest BCUT2D eigenvalue weighted by Gasteiger charge is -2.06. The van der Waals surface area contributed by atoms with Crippen LogP contribution < -0.4 is 4.74 Å². The van der Waals surface area contributed by atoms with Gasteiger partial charge in [-0.05, 0) is 30.7 Å². The van der Waals surface area contributed by atoms with Gasteiger partial charge < -0.3 is 14.5 Å². The van der Waals surface area contributed by atoms with Gasteiger partial charge >= 0.3 is 5.97 Å². The molecule has 1 aromatic heterocycles. The summed E-state index contributed by atoms with van der Waals surface area (Å²) in [4.78, 5) is 26.3. The molecule has 0 saturated carbocycles. The molecule has 0 aliphatic heterocycles. The van der Waals surface area contributed by atoms with Crippen LogP contribution in [-0.4, -0.2) is 23.8 Å². The van der Waals surface area contributed by atoms with Crippen LogP contribution in [0.3, 0.4) is 0 Å². The number of hydrogen-bond acceptors (Lipinski definition) is 4. The van der Waals surface area contributed by atoms with Crippen LogP contribution in [0.25, 0.3) is 10.9 Å². The molecule has 3 aromatic rings. The smallest absolute Gasteiger partial charge is 0.355 e. The molecule has 1 N–H and O–H groups in total. The van der Waals surface area contributed by atoms with Crippen molar-refractivity contribution >= 4 is 23.2 Å². The highest BCUT2D eigenvalue weighted by atomic mass is 16.5. The Morgan fingerprint density at radius 3 is 2.67 bits per heavy atom. The van der Waals surface area contributed by atoms with Crippen LogP contribution in [0.2, 0.25) is 0 Å². The summed E-state index contributed by atoms with van der Waals surface area (Å²) in [5, 5.41) is 0.638. The Morgan fingerprint density at radius 2 is 1.96 bits per heavy atom. The maximum atomic E-state index is 11.9. The average molecular weight is 323 g/mol. The van der Waals surface area contributed by atoms with Gasteiger partial charge in [-0.25, -0.2) is 4.79 Å². The Labute approximate surface area is 139 Å². The Morgan fingerprint density at radius 1 is 1.17 bits per heavy atom. The molecule has 5 nitrogen and oxygen atoms in total. The van der Waals surface area contributed by atoms with Gasteiger partial charge in [0.1, 0.15) is 18.1 Å². The van der Waals surface area contributed by atoms with Crippen LogP contribution in [0.1, 0.15) is 33.3 Å². The SMILES string of the molecule is CCOC(=O)c1[nH]c2ccc(OCc3ccccc3)cc2c1C=O. The first-order valence-corrected chi connectivity index (χ1v) is 7.67. The van der Waals surface area contributed by atoms with Gasteiger partial charge in [-0.2, -0.15) is 0 Å². The van der Waals surface area contributed by atoms with Crippen molar-refractivity contribution in [2.75, 3.05) is 6.61 Å². The highest BCUT2D eigenvalue weighted by molar-refractivity contribution is 6.08. The lowest BCUT2D eigenvalue weighted by Crippen LogP contribution is -2.07. The maximum absolute atomic E-state index is 11.9. The molecule has 122 valence electrons. The largest absolute Gasteiger partial charge is 0.489 e. The van der Waals surface area contributed by atoms with Gasteiger partial charge in [-0.1, -0.05) is 30.3 Å². The van der Waals surface area contributed by atoms with E-state index in [2.05, 4.69) is 4.98 Å². The lowest BCUT2D eigenvalue weighted by atomic mass is 10.1. The van der Waals surface area contributed by atoms with Crippen LogP contribution in [0, 0.1) is 0 Å². The van der Waals surface area contributed by atoms with Crippen LogP contribution in [0.15, 0.2) is 48.5 Å². The topological polar surface area (TPSA) is 68.4 Å². The number of ether oxygens (including phenoxy) is 2. The summed E-state index contributed by atoms with van der Waals surface area (Å²) in [6, 6.07) is 15.1. The van der Waals surface area contributed by atoms with E-state index in [1.165, 1.54) is 0 Å². The third kappa shape index (κ3) is 3.15. The quantitative estimate of drug-likeness (QED) is 0.554. The van der Waals surface area contributed by atoms with Crippen LogP contribution in [-0.2, 0) is 11.3 Å². The number of fused-ring (bicyclic) bond motifs is 1. The number of carbonyl (C=O) groups is 2. The summed E-state index contributed by atoms with van der Waals surface area (Å²) in [7, 11) is 0. The van der Waals surface area contributed by atoms with Gasteiger partial charge in [0.05, 0.1) is 12.2 Å². The molecule has 3 rings (SSSR count). The third-order valence-electron chi connectivity index (χ3n) is 3.66. The Bertz CT molecular complexity index is 868. The van der Waals surface area contributed by atoms with Crippen LogP contribution in [0.5, 0.6) is 5.75 Å². The van der Waals surface area contributed by atoms with E-state index in [-0.39, 0.29) is 17.9 Å². The van der Waals surface area contributed by atoms with Crippen LogP contribution in [0.4, 0.5) is 0 Å². The molecule has 0 saturated heterocycles. The molecule has 1 heterocycles. The van der Waals surface area contributed by atoms with Gasteiger partial charge in [-0.15, -0.1) is 0 Å². The molecular formula is C19H17NO4. The standard InChI is InChI=1S/C19H17NO4/c1-2-23-19(22)18-16(11-21)15-10-14(8-9-17(15)20-18)24-12-13-6-4-3-5-7-13/h3-11,20H,2,12H2,1H3. The molecule has 24 heavy (non-hydrogen) atoms. The minimum Gasteiger partial charge on any atom is -0.489 e. The van der Waals surface area contributed by atoms with E-state index < -0.39 is 5.97 Å². The number of aldehydes is 1. The summed E-state index contributed by atoms with van der Waals surface area (Å²) in [5.41, 5.74) is 2.19. The van der Waals surface area contributed by atoms with E-state index in [1.807, 2.05) is 30.3 Å². The highest BCUT2D eigenvalue weighted by Gasteiger charge is 2.18. The predicted molar refractivity (Wildman–Crippen MR) is 90.4 cm³/mol. The summed E-state index contributed by atoms with van der Waals surface area (Å²) < 4.78 is 10.7. The Balaban J connectivity index is 1.89. The van der Waals surface area contributed by atoms with E-state index in [0.717, 1.165) is 5.56 Å². The highest BCUT2D eigenvalue weighted by Crippen LogP contribution is 2.26. The van der Waals surface area contributed by atoms with E-state index in [1.54, 1.807) is 25.1 Å². The number of rotatable bonds is 6. The van der Waals surface area contributed by atoms with Crippen molar-refractivity contribution in [3.8, 4) is 5.75 Å². The van der Waals surface area contributed by atoms with Crippen molar-refractivity contribution < 1.29 is 19.1 Å². The van der Waals surface area contributed by atoms with Gasteiger partial charge in [-0.3, -0.25) is 4.79 Å². The summed E-state index contributed by atoms with van der Waals surface area (Å²) in [6.07, 6.45) is 0.659. The van der Waals surface area contributed by atoms with Crippen LogP contribution >= 0.6 is 0 Å². The van der Waals surface area contributed by atoms with Gasteiger partial charge in [0, 0.05) is 10.9 Å². The zero-order chi connectivity index (χ0) is 16.9.